The van der Waals surface area contributed by atoms with Gasteiger partial charge in [0.25, 0.3) is 5.91 Å². The number of rotatable bonds is 10. The van der Waals surface area contributed by atoms with E-state index in [1.807, 2.05) is 96.9 Å². The summed E-state index contributed by atoms with van der Waals surface area (Å²) < 4.78 is 25.2. The average Bonchev–Trinajstić information content (AvgIpc) is 3.75. The van der Waals surface area contributed by atoms with E-state index < -0.39 is 31.6 Å². The van der Waals surface area contributed by atoms with Gasteiger partial charge in [-0.3, -0.25) is 14.3 Å². The van der Waals surface area contributed by atoms with E-state index in [2.05, 4.69) is 10.3 Å². The Morgan fingerprint density at radius 2 is 1.78 bits per heavy atom. The molecule has 0 bridgehead atoms. The minimum atomic E-state index is -3.39. The van der Waals surface area contributed by atoms with Gasteiger partial charge in [0.05, 0.1) is 36.6 Å². The van der Waals surface area contributed by atoms with Crippen molar-refractivity contribution in [1.82, 2.24) is 15.0 Å². The maximum Gasteiger partial charge on any atom is 0.264 e. The van der Waals surface area contributed by atoms with Gasteiger partial charge in [-0.25, -0.2) is 0 Å². The summed E-state index contributed by atoms with van der Waals surface area (Å²) in [7, 11) is -3.39. The van der Waals surface area contributed by atoms with E-state index in [1.165, 1.54) is 0 Å². The molecule has 4 aromatic rings. The number of carbonyl (C=O) groups excluding carboxylic acids is 2. The van der Waals surface area contributed by atoms with Crippen LogP contribution >= 0.6 is 0 Å². The van der Waals surface area contributed by atoms with Crippen LogP contribution < -0.4 is 9.80 Å². The first-order valence-corrected chi connectivity index (χ1v) is 20.3. The molecule has 2 fully saturated rings. The summed E-state index contributed by atoms with van der Waals surface area (Å²) in [6.45, 7) is 6.65. The van der Waals surface area contributed by atoms with Crippen LogP contribution in [0.1, 0.15) is 60.9 Å². The molecule has 9 nitrogen and oxygen atoms in total. The van der Waals surface area contributed by atoms with E-state index >= 15 is 4.11 Å². The van der Waals surface area contributed by atoms with Crippen LogP contribution in [0.4, 0.5) is 15.5 Å². The number of hydrogen-bond donors (Lipinski definition) is 1. The van der Waals surface area contributed by atoms with Gasteiger partial charge in [0.2, 0.25) is 14.3 Å². The minimum absolute atomic E-state index is 0.0714. The Morgan fingerprint density at radius 3 is 2.47 bits per heavy atom. The number of fused-ring (bicyclic) bond motifs is 2. The van der Waals surface area contributed by atoms with Crippen molar-refractivity contribution in [3.63, 3.8) is 0 Å². The Kier molecular flexibility index (Phi) is 9.01. The summed E-state index contributed by atoms with van der Waals surface area (Å²) in [5.41, 5.74) is 2.90. The van der Waals surface area contributed by atoms with Crippen molar-refractivity contribution in [2.75, 3.05) is 23.0 Å². The highest BCUT2D eigenvalue weighted by Crippen LogP contribution is 2.60. The first-order valence-electron chi connectivity index (χ1n) is 17.3. The maximum atomic E-state index is 16.5. The standard InChI is InChI=1S/C38H44FN5O4Si/c1-26-36(49(2,3)39)34(19-21-42-24-32(40-41-42)30(25-45)28-14-8-5-9-15-28)48-38(26)31-22-29(43-20-11-10-16-35(43)46)17-18-33(31)44(37(38)47)23-27-12-6-4-7-13-27/h4-9,12-15,17-18,22,24,26,30,34,36,45H,10-11,16,19-21,23,25H2,1-3H3/t26-,30?,34+,36-,38+/m1/s1. The molecule has 1 N–H and O–H groups in total. The molecule has 7 rings (SSSR count). The molecule has 3 aliphatic rings. The molecule has 5 atom stereocenters. The van der Waals surface area contributed by atoms with Crippen molar-refractivity contribution in [3.8, 4) is 0 Å². The number of hydrogen-bond acceptors (Lipinski definition) is 6. The third-order valence-electron chi connectivity index (χ3n) is 10.7. The molecule has 1 unspecified atom stereocenters. The van der Waals surface area contributed by atoms with E-state index in [0.717, 1.165) is 35.3 Å². The fourth-order valence-corrected chi connectivity index (χ4v) is 10.9. The molecular formula is C38H44FN5O4Si. The second-order valence-electron chi connectivity index (χ2n) is 14.2. The fraction of sp³-hybridized carbons (Fsp3) is 0.421. The molecule has 3 aromatic carbocycles. The highest BCUT2D eigenvalue weighted by atomic mass is 28.4. The van der Waals surface area contributed by atoms with Gasteiger partial charge in [0.1, 0.15) is 0 Å². The van der Waals surface area contributed by atoms with Crippen LogP contribution in [0, 0.1) is 5.92 Å². The number of aryl methyl sites for hydroxylation is 1. The number of carbonyl (C=O) groups is 2. The number of benzene rings is 3. The Hall–Kier alpha value is -4.19. The highest BCUT2D eigenvalue weighted by Gasteiger charge is 2.66. The molecule has 2 saturated heterocycles. The van der Waals surface area contributed by atoms with Crippen molar-refractivity contribution < 1.29 is 23.5 Å². The lowest BCUT2D eigenvalue weighted by molar-refractivity contribution is -0.146. The first kappa shape index (κ1) is 33.3. The van der Waals surface area contributed by atoms with Crippen molar-refractivity contribution in [1.29, 1.82) is 0 Å². The summed E-state index contributed by atoms with van der Waals surface area (Å²) >= 11 is 0. The molecular weight excluding hydrogens is 638 g/mol. The van der Waals surface area contributed by atoms with Crippen LogP contribution in [0.25, 0.3) is 0 Å². The lowest BCUT2D eigenvalue weighted by atomic mass is 9.82. The summed E-state index contributed by atoms with van der Waals surface area (Å²) in [6.07, 6.45) is 3.99. The third kappa shape index (κ3) is 6.02. The molecule has 4 heterocycles. The molecule has 256 valence electrons. The zero-order valence-electron chi connectivity index (χ0n) is 28.3. The van der Waals surface area contributed by atoms with Gasteiger partial charge in [0.15, 0.2) is 5.60 Å². The van der Waals surface area contributed by atoms with Crippen LogP contribution in [0.5, 0.6) is 0 Å². The largest absolute Gasteiger partial charge is 0.395 e. The van der Waals surface area contributed by atoms with Crippen LogP contribution in [0.3, 0.4) is 0 Å². The molecule has 0 radical (unpaired) electrons. The molecule has 1 aromatic heterocycles. The van der Waals surface area contributed by atoms with Gasteiger partial charge >= 0.3 is 0 Å². The lowest BCUT2D eigenvalue weighted by Crippen LogP contribution is -2.45. The minimum Gasteiger partial charge on any atom is -0.395 e. The second-order valence-corrected chi connectivity index (χ2v) is 18.0. The van der Waals surface area contributed by atoms with E-state index in [4.69, 9.17) is 4.74 Å². The number of aromatic nitrogens is 3. The number of nitrogens with zero attached hydrogens (tertiary/aromatic N) is 5. The number of anilines is 2. The molecule has 1 spiro atoms. The number of aliphatic hydroxyl groups excluding tert-OH is 1. The van der Waals surface area contributed by atoms with Crippen molar-refractivity contribution in [3.05, 3.63) is 107 Å². The van der Waals surface area contributed by atoms with E-state index in [0.29, 0.717) is 43.7 Å². The molecule has 2 amide bonds. The normalized spacial score (nSPS) is 24.6. The van der Waals surface area contributed by atoms with Crippen LogP contribution in [0.2, 0.25) is 18.6 Å². The predicted molar refractivity (Wildman–Crippen MR) is 188 cm³/mol. The number of ether oxygens (including phenoxy) is 1. The Balaban J connectivity index is 1.23. The zero-order valence-corrected chi connectivity index (χ0v) is 29.3. The monoisotopic (exact) mass is 681 g/mol. The second kappa shape index (κ2) is 13.3. The topological polar surface area (TPSA) is 101 Å². The molecule has 3 aliphatic heterocycles. The van der Waals surface area contributed by atoms with Crippen molar-refractivity contribution in [2.45, 2.75) is 82.0 Å². The predicted octanol–water partition coefficient (Wildman–Crippen LogP) is 6.33. The summed E-state index contributed by atoms with van der Waals surface area (Å²) in [5, 5.41) is 18.9. The molecule has 0 aliphatic carbocycles. The van der Waals surface area contributed by atoms with Crippen molar-refractivity contribution >= 4 is 31.6 Å². The van der Waals surface area contributed by atoms with Crippen LogP contribution in [0.15, 0.2) is 85.1 Å². The highest BCUT2D eigenvalue weighted by molar-refractivity contribution is 6.72. The van der Waals surface area contributed by atoms with Crippen LogP contribution in [-0.4, -0.2) is 59.6 Å². The van der Waals surface area contributed by atoms with Gasteiger partial charge in [-0.15, -0.1) is 5.10 Å². The molecule has 0 saturated carbocycles. The Morgan fingerprint density at radius 1 is 1.04 bits per heavy atom. The van der Waals surface area contributed by atoms with E-state index in [-0.39, 0.29) is 24.3 Å². The number of amides is 2. The zero-order chi connectivity index (χ0) is 34.3. The SMILES string of the molecule is C[C@@H]1[C@@H]([Si](C)(C)F)[C@H](CCn2cc(C(CO)c3ccccc3)nn2)O[C@@]12C(=O)N(Cc1ccccc1)c1ccc(N3CCCCC3=O)cc12. The number of piperidine rings is 1. The Bertz CT molecular complexity index is 1820. The van der Waals surface area contributed by atoms with Gasteiger partial charge in [-0.2, -0.15) is 0 Å². The number of aliphatic hydroxyl groups is 1. The van der Waals surface area contributed by atoms with Crippen molar-refractivity contribution in [2.24, 2.45) is 5.92 Å². The van der Waals surface area contributed by atoms with E-state index in [9.17, 15) is 14.7 Å². The maximum absolute atomic E-state index is 16.5. The quantitative estimate of drug-likeness (QED) is 0.155. The molecule has 49 heavy (non-hydrogen) atoms. The number of halogens is 1. The van der Waals surface area contributed by atoms with Gasteiger partial charge in [-0.1, -0.05) is 72.8 Å². The van der Waals surface area contributed by atoms with E-state index in [1.54, 1.807) is 22.7 Å². The first-order chi connectivity index (χ1) is 23.6. The average molecular weight is 682 g/mol. The smallest absolute Gasteiger partial charge is 0.264 e. The van der Waals surface area contributed by atoms with Gasteiger partial charge < -0.3 is 23.8 Å². The fourth-order valence-electron chi connectivity index (χ4n) is 8.37. The summed E-state index contributed by atoms with van der Waals surface area (Å²) in [6, 6.07) is 25.3. The van der Waals surface area contributed by atoms with Crippen LogP contribution in [-0.2, 0) is 33.0 Å². The van der Waals surface area contributed by atoms with Gasteiger partial charge in [0, 0.05) is 48.4 Å². The molecule has 11 heteroatoms. The van der Waals surface area contributed by atoms with Gasteiger partial charge in [-0.05, 0) is 61.7 Å². The Labute approximate surface area is 287 Å². The third-order valence-corrected chi connectivity index (χ3v) is 13.2. The summed E-state index contributed by atoms with van der Waals surface area (Å²) in [5.74, 6) is -0.882. The lowest BCUT2D eigenvalue weighted by Gasteiger charge is -2.32. The summed E-state index contributed by atoms with van der Waals surface area (Å²) in [4.78, 5) is 31.4.